The number of amides is 2. The summed E-state index contributed by atoms with van der Waals surface area (Å²) in [6, 6.07) is 0.675. The predicted octanol–water partition coefficient (Wildman–Crippen LogP) is 1.94. The average molecular weight is 373 g/mol. The van der Waals surface area contributed by atoms with E-state index in [2.05, 4.69) is 9.80 Å². The Bertz CT molecular complexity index is 672. The Balaban J connectivity index is 0.990. The maximum absolute atomic E-state index is 12.8. The SMILES string of the molecule is CCOC(=O)N1CCC2(CC(N3C[C@@H]4C(C(=O)N5CCC56CC6)[C@H]4C3)C2)C1. The lowest BCUT2D eigenvalue weighted by Gasteiger charge is -2.49. The van der Waals surface area contributed by atoms with Crippen LogP contribution in [0.5, 0.6) is 0 Å². The van der Waals surface area contributed by atoms with Gasteiger partial charge in [0.2, 0.25) is 5.91 Å². The van der Waals surface area contributed by atoms with E-state index in [0.29, 0.717) is 47.3 Å². The normalized spacial score (nSPS) is 43.4. The molecule has 6 heteroatoms. The summed E-state index contributed by atoms with van der Waals surface area (Å²) < 4.78 is 5.16. The van der Waals surface area contributed by atoms with E-state index in [1.54, 1.807) is 0 Å². The van der Waals surface area contributed by atoms with Crippen LogP contribution in [0.15, 0.2) is 0 Å². The van der Waals surface area contributed by atoms with Crippen LogP contribution in [0.4, 0.5) is 4.79 Å². The number of carbonyl (C=O) groups is 2. The largest absolute Gasteiger partial charge is 0.450 e. The van der Waals surface area contributed by atoms with Crippen molar-refractivity contribution in [2.24, 2.45) is 23.2 Å². The fourth-order valence-electron chi connectivity index (χ4n) is 6.79. The monoisotopic (exact) mass is 373 g/mol. The number of ether oxygens (including phenoxy) is 1. The van der Waals surface area contributed by atoms with Crippen molar-refractivity contribution >= 4 is 12.0 Å². The maximum Gasteiger partial charge on any atom is 0.409 e. The van der Waals surface area contributed by atoms with Crippen LogP contribution in [0.25, 0.3) is 0 Å². The highest BCUT2D eigenvalue weighted by molar-refractivity contribution is 5.84. The molecular formula is C21H31N3O3. The van der Waals surface area contributed by atoms with Crippen molar-refractivity contribution in [1.82, 2.24) is 14.7 Å². The number of carbonyl (C=O) groups excluding carboxylic acids is 2. The summed E-state index contributed by atoms with van der Waals surface area (Å²) in [6.07, 6.45) is 7.17. The average Bonchev–Trinajstić information content (AvgIpc) is 3.45. The molecule has 2 atom stereocenters. The molecular weight excluding hydrogens is 342 g/mol. The molecule has 6 aliphatic rings. The lowest BCUT2D eigenvalue weighted by atomic mass is 9.64. The summed E-state index contributed by atoms with van der Waals surface area (Å²) in [4.78, 5) is 31.6. The van der Waals surface area contributed by atoms with Crippen LogP contribution in [-0.2, 0) is 9.53 Å². The molecule has 0 unspecified atom stereocenters. The van der Waals surface area contributed by atoms with E-state index in [0.717, 1.165) is 39.1 Å². The lowest BCUT2D eigenvalue weighted by Crippen LogP contribution is -2.55. The Morgan fingerprint density at radius 3 is 2.37 bits per heavy atom. The Kier molecular flexibility index (Phi) is 3.33. The van der Waals surface area contributed by atoms with Gasteiger partial charge in [-0.3, -0.25) is 9.69 Å². The maximum atomic E-state index is 12.8. The highest BCUT2D eigenvalue weighted by atomic mass is 16.6. The van der Waals surface area contributed by atoms with Gasteiger partial charge in [0.15, 0.2) is 0 Å². The molecule has 6 fully saturated rings. The topological polar surface area (TPSA) is 53.1 Å². The zero-order valence-corrected chi connectivity index (χ0v) is 16.4. The molecule has 0 aromatic carbocycles. The van der Waals surface area contributed by atoms with E-state index in [1.807, 2.05) is 11.8 Å². The summed E-state index contributed by atoms with van der Waals surface area (Å²) in [5.74, 6) is 2.09. The van der Waals surface area contributed by atoms with E-state index < -0.39 is 0 Å². The van der Waals surface area contributed by atoms with Crippen molar-refractivity contribution in [1.29, 1.82) is 0 Å². The number of hydrogen-bond donors (Lipinski definition) is 0. The minimum absolute atomic E-state index is 0.138. The number of likely N-dealkylation sites (tertiary alicyclic amines) is 3. The molecule has 6 rings (SSSR count). The van der Waals surface area contributed by atoms with Gasteiger partial charge in [-0.2, -0.15) is 0 Å². The number of piperidine rings is 1. The summed E-state index contributed by atoms with van der Waals surface area (Å²) >= 11 is 0. The number of hydrogen-bond acceptors (Lipinski definition) is 4. The molecule has 27 heavy (non-hydrogen) atoms. The first-order valence-corrected chi connectivity index (χ1v) is 11.0. The lowest BCUT2D eigenvalue weighted by molar-refractivity contribution is -0.143. The van der Waals surface area contributed by atoms with Crippen molar-refractivity contribution in [3.05, 3.63) is 0 Å². The highest BCUT2D eigenvalue weighted by Gasteiger charge is 2.66. The van der Waals surface area contributed by atoms with Gasteiger partial charge in [0.1, 0.15) is 0 Å². The molecule has 3 heterocycles. The highest BCUT2D eigenvalue weighted by Crippen LogP contribution is 2.60. The first kappa shape index (κ1) is 16.6. The van der Waals surface area contributed by atoms with Gasteiger partial charge < -0.3 is 14.5 Å². The smallest absolute Gasteiger partial charge is 0.409 e. The minimum atomic E-state index is -0.138. The van der Waals surface area contributed by atoms with Gasteiger partial charge in [0.25, 0.3) is 0 Å². The summed E-state index contributed by atoms with van der Waals surface area (Å²) in [5, 5.41) is 0. The van der Waals surface area contributed by atoms with Gasteiger partial charge in [-0.1, -0.05) is 0 Å². The van der Waals surface area contributed by atoms with Crippen molar-refractivity contribution in [3.63, 3.8) is 0 Å². The minimum Gasteiger partial charge on any atom is -0.450 e. The third-order valence-corrected chi connectivity index (χ3v) is 8.79. The van der Waals surface area contributed by atoms with Crippen molar-refractivity contribution in [2.45, 2.75) is 57.0 Å². The van der Waals surface area contributed by atoms with E-state index in [9.17, 15) is 9.59 Å². The molecule has 0 aromatic heterocycles. The van der Waals surface area contributed by atoms with Crippen molar-refractivity contribution in [2.75, 3.05) is 39.3 Å². The quantitative estimate of drug-likeness (QED) is 0.759. The molecule has 2 spiro atoms. The predicted molar refractivity (Wildman–Crippen MR) is 99.0 cm³/mol. The molecule has 3 aliphatic heterocycles. The van der Waals surface area contributed by atoms with Crippen molar-refractivity contribution < 1.29 is 14.3 Å². The van der Waals surface area contributed by atoms with E-state index in [4.69, 9.17) is 4.74 Å². The fraction of sp³-hybridized carbons (Fsp3) is 0.905. The number of rotatable bonds is 3. The molecule has 3 saturated heterocycles. The fourth-order valence-corrected chi connectivity index (χ4v) is 6.79. The number of fused-ring (bicyclic) bond motifs is 1. The third kappa shape index (κ3) is 2.34. The summed E-state index contributed by atoms with van der Waals surface area (Å²) in [6.45, 7) is 7.33. The molecule has 0 bridgehead atoms. The van der Waals surface area contributed by atoms with Gasteiger partial charge in [0.05, 0.1) is 6.61 Å². The Labute approximate surface area is 161 Å². The second-order valence-electron chi connectivity index (χ2n) is 10.2. The first-order valence-electron chi connectivity index (χ1n) is 11.0. The second kappa shape index (κ2) is 5.40. The van der Waals surface area contributed by atoms with E-state index >= 15 is 0 Å². The molecule has 0 aromatic rings. The van der Waals surface area contributed by atoms with Crippen molar-refractivity contribution in [3.8, 4) is 0 Å². The Hall–Kier alpha value is -1.30. The third-order valence-electron chi connectivity index (χ3n) is 8.79. The first-order chi connectivity index (χ1) is 13.0. The molecule has 0 N–H and O–H groups in total. The molecule has 3 saturated carbocycles. The van der Waals surface area contributed by atoms with Gasteiger partial charge in [-0.25, -0.2) is 4.79 Å². The van der Waals surface area contributed by atoms with E-state index in [-0.39, 0.29) is 6.09 Å². The van der Waals surface area contributed by atoms with Gasteiger partial charge in [-0.15, -0.1) is 0 Å². The zero-order chi connectivity index (χ0) is 18.4. The van der Waals surface area contributed by atoms with Gasteiger partial charge in [-0.05, 0) is 62.7 Å². The van der Waals surface area contributed by atoms with Crippen LogP contribution in [0.3, 0.4) is 0 Å². The summed E-state index contributed by atoms with van der Waals surface area (Å²) in [5.41, 5.74) is 0.677. The molecule has 6 nitrogen and oxygen atoms in total. The van der Waals surface area contributed by atoms with Crippen LogP contribution < -0.4 is 0 Å². The summed E-state index contributed by atoms with van der Waals surface area (Å²) in [7, 11) is 0. The Morgan fingerprint density at radius 1 is 1.04 bits per heavy atom. The van der Waals surface area contributed by atoms with Gasteiger partial charge in [0, 0.05) is 50.2 Å². The van der Waals surface area contributed by atoms with Crippen LogP contribution in [0, 0.1) is 23.2 Å². The molecule has 2 amide bonds. The van der Waals surface area contributed by atoms with Crippen LogP contribution >= 0.6 is 0 Å². The molecule has 3 aliphatic carbocycles. The molecule has 148 valence electrons. The van der Waals surface area contributed by atoms with Crippen LogP contribution in [0.1, 0.15) is 45.4 Å². The standard InChI is InChI=1S/C21H31N3O3/c1-2-27-19(26)22-7-5-20(13-22)9-14(10-20)23-11-15-16(12-23)17(15)18(25)24-8-6-21(24)3-4-21/h14-17H,2-13H2,1H3/t14?,15-,16-,20?/m0/s1. The van der Waals surface area contributed by atoms with E-state index in [1.165, 1.54) is 32.1 Å². The van der Waals surface area contributed by atoms with Gasteiger partial charge >= 0.3 is 6.09 Å². The van der Waals surface area contributed by atoms with Crippen LogP contribution in [0.2, 0.25) is 0 Å². The number of nitrogens with zero attached hydrogens (tertiary/aromatic N) is 3. The van der Waals surface area contributed by atoms with Crippen LogP contribution in [-0.4, -0.2) is 77.6 Å². The molecule has 0 radical (unpaired) electrons. The Morgan fingerprint density at radius 2 is 1.78 bits per heavy atom. The second-order valence-corrected chi connectivity index (χ2v) is 10.2. The zero-order valence-electron chi connectivity index (χ0n) is 16.4.